The van der Waals surface area contributed by atoms with Crippen LogP contribution in [0.5, 0.6) is 0 Å². The van der Waals surface area contributed by atoms with Crippen LogP contribution in [0.4, 0.5) is 10.2 Å². The molecule has 228 valence electrons. The number of likely N-dealkylation sites (tertiary alicyclic amines) is 1. The highest BCUT2D eigenvalue weighted by Crippen LogP contribution is 2.50. The van der Waals surface area contributed by atoms with Gasteiger partial charge in [0, 0.05) is 49.5 Å². The summed E-state index contributed by atoms with van der Waals surface area (Å²) >= 11 is 0. The normalized spacial score (nSPS) is 19.1. The molecule has 5 aromatic rings. The molecule has 3 N–H and O–H groups in total. The number of imidazole rings is 1. The summed E-state index contributed by atoms with van der Waals surface area (Å²) in [6.45, 7) is 4.39. The van der Waals surface area contributed by atoms with Gasteiger partial charge in [-0.15, -0.1) is 0 Å². The average molecular weight is 604 g/mol. The van der Waals surface area contributed by atoms with Crippen molar-refractivity contribution < 1.29 is 9.18 Å². The maximum absolute atomic E-state index is 13.3. The number of benzene rings is 1. The molecule has 1 saturated carbocycles. The number of carbonyl (C=O) groups excluding carboxylic acids is 1. The van der Waals surface area contributed by atoms with Gasteiger partial charge in [0.2, 0.25) is 0 Å². The largest absolute Gasteiger partial charge is 0.383 e. The number of piperidine rings is 1. The molecule has 1 aromatic carbocycles. The van der Waals surface area contributed by atoms with Crippen LogP contribution in [0.2, 0.25) is 0 Å². The molecule has 1 saturated heterocycles. The zero-order valence-corrected chi connectivity index (χ0v) is 24.9. The number of halogens is 1. The first-order valence-electron chi connectivity index (χ1n) is 15.5. The van der Waals surface area contributed by atoms with Crippen LogP contribution in [-0.2, 0) is 11.2 Å². The van der Waals surface area contributed by atoms with Crippen LogP contribution < -0.4 is 11.1 Å². The molecule has 1 unspecified atom stereocenters. The lowest BCUT2D eigenvalue weighted by atomic mass is 9.60. The highest BCUT2D eigenvalue weighted by atomic mass is 19.1. The quantitative estimate of drug-likeness (QED) is 0.260. The van der Waals surface area contributed by atoms with Crippen LogP contribution in [0.25, 0.3) is 34.1 Å². The van der Waals surface area contributed by atoms with E-state index in [1.54, 1.807) is 22.0 Å². The number of aromatic nitrogens is 6. The molecule has 1 amide bonds. The van der Waals surface area contributed by atoms with Gasteiger partial charge in [0.25, 0.3) is 5.91 Å². The molecule has 2 fully saturated rings. The van der Waals surface area contributed by atoms with Crippen LogP contribution in [0, 0.1) is 5.41 Å². The lowest BCUT2D eigenvalue weighted by molar-refractivity contribution is -0.132. The Hall–Kier alpha value is -4.90. The number of nitrogen functional groups attached to an aromatic ring is 1. The van der Waals surface area contributed by atoms with E-state index in [0.717, 1.165) is 60.9 Å². The molecule has 1 aliphatic heterocycles. The summed E-state index contributed by atoms with van der Waals surface area (Å²) in [5.41, 5.74) is 12.4. The van der Waals surface area contributed by atoms with Crippen molar-refractivity contribution in [2.75, 3.05) is 18.8 Å². The van der Waals surface area contributed by atoms with Crippen LogP contribution in [0.3, 0.4) is 0 Å². The summed E-state index contributed by atoms with van der Waals surface area (Å²) in [5.74, 6) is 0.380. The number of amides is 1. The second-order valence-corrected chi connectivity index (χ2v) is 12.6. The number of fused-ring (bicyclic) bond motifs is 2. The Labute approximate surface area is 259 Å². The Morgan fingerprint density at radius 3 is 2.67 bits per heavy atom. The van der Waals surface area contributed by atoms with Crippen LogP contribution in [0.15, 0.2) is 79.5 Å². The summed E-state index contributed by atoms with van der Waals surface area (Å²) < 4.78 is 17.1. The van der Waals surface area contributed by atoms with Gasteiger partial charge in [-0.2, -0.15) is 5.10 Å². The molecule has 5 heterocycles. The fraction of sp³-hybridized carbons (Fsp3) is 0.324. The van der Waals surface area contributed by atoms with Gasteiger partial charge in [-0.1, -0.05) is 12.6 Å². The summed E-state index contributed by atoms with van der Waals surface area (Å²) in [4.78, 5) is 27.9. The average Bonchev–Trinajstić information content (AvgIpc) is 3.79. The third-order valence-corrected chi connectivity index (χ3v) is 9.91. The molecule has 10 nitrogen and oxygen atoms in total. The molecule has 0 radical (unpaired) electrons. The van der Waals surface area contributed by atoms with Crippen molar-refractivity contribution in [3.05, 3.63) is 90.7 Å². The maximum atomic E-state index is 13.3. The Morgan fingerprint density at radius 2 is 1.91 bits per heavy atom. The van der Waals surface area contributed by atoms with E-state index in [1.165, 1.54) is 11.1 Å². The van der Waals surface area contributed by atoms with Crippen LogP contribution in [0.1, 0.15) is 49.3 Å². The number of hydrogen-bond donors (Lipinski definition) is 2. The summed E-state index contributed by atoms with van der Waals surface area (Å²) in [6.07, 6.45) is 11.3. The Balaban J connectivity index is 1.05. The standard InChI is InChI=1S/C34H34FN9O/c1-21(35)33(45)42-16-11-34(12-17-42)19-23(20-34)39-27-8-5-22-18-24(6-7-25(22)27)44-31(26-4-2-13-37-30(26)36)40-28-9-10-29(41-32(28)44)43-15-3-14-38-43/h2-4,6-7,9-10,13-15,18,23,27,39H,1,5,8,11-12,16-17,19-20H2,(H2,36,37). The number of anilines is 1. The van der Waals surface area contributed by atoms with E-state index in [-0.39, 0.29) is 5.41 Å². The molecule has 3 aliphatic rings. The van der Waals surface area contributed by atoms with E-state index in [4.69, 9.17) is 15.7 Å². The fourth-order valence-electron chi connectivity index (χ4n) is 7.58. The number of nitrogens with zero attached hydrogens (tertiary/aromatic N) is 7. The number of carbonyl (C=O) groups is 1. The zero-order chi connectivity index (χ0) is 30.7. The van der Waals surface area contributed by atoms with Gasteiger partial charge in [0.1, 0.15) is 11.3 Å². The van der Waals surface area contributed by atoms with E-state index in [2.05, 4.69) is 44.7 Å². The summed E-state index contributed by atoms with van der Waals surface area (Å²) in [5, 5.41) is 8.29. The van der Waals surface area contributed by atoms with Crippen molar-refractivity contribution in [2.45, 2.75) is 50.6 Å². The Morgan fingerprint density at radius 1 is 1.07 bits per heavy atom. The molecule has 0 bridgehead atoms. The minimum Gasteiger partial charge on any atom is -0.383 e. The molecular weight excluding hydrogens is 569 g/mol. The third-order valence-electron chi connectivity index (χ3n) is 9.91. The molecule has 1 spiro atoms. The van der Waals surface area contributed by atoms with E-state index in [1.807, 2.05) is 36.5 Å². The van der Waals surface area contributed by atoms with Crippen molar-refractivity contribution >= 4 is 22.9 Å². The monoisotopic (exact) mass is 603 g/mol. The highest BCUT2D eigenvalue weighted by molar-refractivity contribution is 5.90. The van der Waals surface area contributed by atoms with Gasteiger partial charge in [0.05, 0.1) is 5.56 Å². The van der Waals surface area contributed by atoms with Crippen molar-refractivity contribution in [1.82, 2.24) is 39.5 Å². The van der Waals surface area contributed by atoms with Gasteiger partial charge in [-0.05, 0) is 97.5 Å². The molecule has 11 heteroatoms. The van der Waals surface area contributed by atoms with Gasteiger partial charge in [0.15, 0.2) is 23.1 Å². The van der Waals surface area contributed by atoms with Crippen molar-refractivity contribution in [3.63, 3.8) is 0 Å². The molecule has 45 heavy (non-hydrogen) atoms. The number of rotatable bonds is 6. The number of hydrogen-bond acceptors (Lipinski definition) is 7. The van der Waals surface area contributed by atoms with E-state index >= 15 is 0 Å². The predicted octanol–water partition coefficient (Wildman–Crippen LogP) is 5.08. The number of nitrogens with two attached hydrogens (primary N) is 1. The van der Waals surface area contributed by atoms with Gasteiger partial charge in [-0.3, -0.25) is 9.36 Å². The van der Waals surface area contributed by atoms with Gasteiger partial charge in [-0.25, -0.2) is 24.0 Å². The van der Waals surface area contributed by atoms with E-state index < -0.39 is 11.7 Å². The maximum Gasteiger partial charge on any atom is 0.281 e. The minimum absolute atomic E-state index is 0.256. The topological polar surface area (TPSA) is 120 Å². The second-order valence-electron chi connectivity index (χ2n) is 12.6. The predicted molar refractivity (Wildman–Crippen MR) is 169 cm³/mol. The summed E-state index contributed by atoms with van der Waals surface area (Å²) in [7, 11) is 0. The van der Waals surface area contributed by atoms with Gasteiger partial charge < -0.3 is 16.0 Å². The van der Waals surface area contributed by atoms with Gasteiger partial charge >= 0.3 is 0 Å². The minimum atomic E-state index is -0.865. The van der Waals surface area contributed by atoms with Crippen molar-refractivity contribution in [3.8, 4) is 22.9 Å². The number of pyridine rings is 2. The van der Waals surface area contributed by atoms with Crippen molar-refractivity contribution in [2.24, 2.45) is 5.41 Å². The highest BCUT2D eigenvalue weighted by Gasteiger charge is 2.47. The lowest BCUT2D eigenvalue weighted by Crippen LogP contribution is -2.54. The van der Waals surface area contributed by atoms with E-state index in [0.29, 0.717) is 42.6 Å². The number of nitrogens with one attached hydrogen (secondary N) is 1. The third kappa shape index (κ3) is 4.78. The van der Waals surface area contributed by atoms with E-state index in [9.17, 15) is 9.18 Å². The molecule has 4 aromatic heterocycles. The fourth-order valence-corrected chi connectivity index (χ4v) is 7.58. The molecule has 8 rings (SSSR count). The smallest absolute Gasteiger partial charge is 0.281 e. The number of aryl methyl sites for hydroxylation is 1. The Bertz CT molecular complexity index is 1930. The van der Waals surface area contributed by atoms with Crippen molar-refractivity contribution in [1.29, 1.82) is 0 Å². The first-order valence-corrected chi connectivity index (χ1v) is 15.5. The first kappa shape index (κ1) is 27.6. The Kier molecular flexibility index (Phi) is 6.52. The second kappa shape index (κ2) is 10.6. The molecular formula is C34H34FN9O. The summed E-state index contributed by atoms with van der Waals surface area (Å²) in [6, 6.07) is 16.9. The SMILES string of the molecule is C=C(F)C(=O)N1CCC2(CC1)CC(NC1CCc3cc(-n4c(-c5cccnc5N)nc5ccc(-n6cccn6)nc54)ccc31)C2. The zero-order valence-electron chi connectivity index (χ0n) is 24.9. The lowest BCUT2D eigenvalue weighted by Gasteiger charge is -2.53. The molecule has 1 atom stereocenters. The van der Waals surface area contributed by atoms with Crippen LogP contribution >= 0.6 is 0 Å². The first-order chi connectivity index (χ1) is 21.9. The molecule has 2 aliphatic carbocycles. The van der Waals surface area contributed by atoms with Crippen LogP contribution in [-0.4, -0.2) is 59.2 Å².